The molecule has 0 aliphatic carbocycles. The maximum absolute atomic E-state index is 12.5. The van der Waals surface area contributed by atoms with E-state index in [1.807, 2.05) is 6.07 Å². The average Bonchev–Trinajstić information content (AvgIpc) is 3.26. The van der Waals surface area contributed by atoms with E-state index in [1.165, 1.54) is 17.1 Å². The van der Waals surface area contributed by atoms with Crippen molar-refractivity contribution in [2.45, 2.75) is 24.5 Å². The predicted molar refractivity (Wildman–Crippen MR) is 99.6 cm³/mol. The number of fused-ring (bicyclic) bond motifs is 1. The number of nitrogens with one attached hydrogen (secondary N) is 1. The summed E-state index contributed by atoms with van der Waals surface area (Å²) < 4.78 is 6.92. The zero-order valence-electron chi connectivity index (χ0n) is 15.0. The molecular formula is C19H17N5O5. The predicted octanol–water partition coefficient (Wildman–Crippen LogP) is 0.167. The van der Waals surface area contributed by atoms with Gasteiger partial charge in [0, 0.05) is 11.8 Å². The molecule has 3 heterocycles. The summed E-state index contributed by atoms with van der Waals surface area (Å²) in [7, 11) is 0. The van der Waals surface area contributed by atoms with Crippen LogP contribution in [0.15, 0.2) is 42.9 Å². The minimum absolute atomic E-state index is 0.130. The first-order valence-electron chi connectivity index (χ1n) is 8.79. The summed E-state index contributed by atoms with van der Waals surface area (Å²) in [5.41, 5.74) is 0.803. The van der Waals surface area contributed by atoms with E-state index in [2.05, 4.69) is 15.3 Å². The van der Waals surface area contributed by atoms with Crippen molar-refractivity contribution in [3.63, 3.8) is 0 Å². The Morgan fingerprint density at radius 2 is 2.00 bits per heavy atom. The standard InChI is InChI=1S/C19H17N5O5/c20-6-11-7-24(19-15(27)14(26)12(8-25)29-19)17-13(11)16(21-9-22-17)23-18(28)10-4-2-1-3-5-10/h1-5,7,9,12,14-15,19,25-27H,8H2,(H,21,22,23,28)/t12-,14+,15-,19+/m0/s1. The number of carbonyl (C=O) groups excluding carboxylic acids is 1. The van der Waals surface area contributed by atoms with E-state index in [0.29, 0.717) is 5.56 Å². The number of nitriles is 1. The molecule has 0 saturated carbocycles. The maximum atomic E-state index is 12.5. The van der Waals surface area contributed by atoms with Crippen molar-refractivity contribution in [2.24, 2.45) is 0 Å². The van der Waals surface area contributed by atoms with Gasteiger partial charge in [0.2, 0.25) is 0 Å². The molecule has 1 aromatic carbocycles. The number of aliphatic hydroxyl groups excluding tert-OH is 3. The van der Waals surface area contributed by atoms with Crippen molar-refractivity contribution in [1.29, 1.82) is 5.26 Å². The van der Waals surface area contributed by atoms with Crippen LogP contribution in [0.2, 0.25) is 0 Å². The number of anilines is 1. The second kappa shape index (κ2) is 7.57. The van der Waals surface area contributed by atoms with Gasteiger partial charge in [-0.15, -0.1) is 0 Å². The first-order chi connectivity index (χ1) is 14.0. The van der Waals surface area contributed by atoms with Crippen LogP contribution < -0.4 is 5.32 Å². The van der Waals surface area contributed by atoms with E-state index in [9.17, 15) is 25.4 Å². The van der Waals surface area contributed by atoms with Crippen LogP contribution in [0.3, 0.4) is 0 Å². The SMILES string of the molecule is N#Cc1cn([C@@H]2O[C@@H](CO)[C@@H](O)[C@@H]2O)c2ncnc(NC(=O)c3ccccc3)c12. The van der Waals surface area contributed by atoms with Crippen LogP contribution in [0.1, 0.15) is 22.1 Å². The Kier molecular flexibility index (Phi) is 4.96. The van der Waals surface area contributed by atoms with Gasteiger partial charge < -0.3 is 29.9 Å². The zero-order valence-corrected chi connectivity index (χ0v) is 15.0. The largest absolute Gasteiger partial charge is 0.394 e. The molecule has 0 radical (unpaired) electrons. The third-order valence-electron chi connectivity index (χ3n) is 4.79. The Bertz CT molecular complexity index is 1090. The van der Waals surface area contributed by atoms with Crippen LogP contribution in [-0.4, -0.2) is 60.7 Å². The quantitative estimate of drug-likeness (QED) is 0.487. The van der Waals surface area contributed by atoms with Crippen molar-refractivity contribution >= 4 is 22.8 Å². The Morgan fingerprint density at radius 1 is 1.24 bits per heavy atom. The molecule has 2 aromatic heterocycles. The molecule has 10 heteroatoms. The molecule has 10 nitrogen and oxygen atoms in total. The summed E-state index contributed by atoms with van der Waals surface area (Å²) >= 11 is 0. The van der Waals surface area contributed by atoms with E-state index in [0.717, 1.165) is 0 Å². The second-order valence-corrected chi connectivity index (χ2v) is 6.53. The summed E-state index contributed by atoms with van der Waals surface area (Å²) in [6.45, 7) is -0.480. The van der Waals surface area contributed by atoms with Gasteiger partial charge in [-0.05, 0) is 12.1 Å². The molecular weight excluding hydrogens is 378 g/mol. The number of carbonyl (C=O) groups is 1. The van der Waals surface area contributed by atoms with E-state index >= 15 is 0 Å². The van der Waals surface area contributed by atoms with Crippen molar-refractivity contribution < 1.29 is 24.9 Å². The molecule has 1 amide bonds. The first-order valence-corrected chi connectivity index (χ1v) is 8.79. The van der Waals surface area contributed by atoms with Gasteiger partial charge in [0.1, 0.15) is 42.2 Å². The molecule has 1 aliphatic heterocycles. The molecule has 4 atom stereocenters. The Hall–Kier alpha value is -3.36. The molecule has 148 valence electrons. The van der Waals surface area contributed by atoms with Crippen molar-refractivity contribution in [1.82, 2.24) is 14.5 Å². The van der Waals surface area contributed by atoms with Crippen LogP contribution in [0.4, 0.5) is 5.82 Å². The monoisotopic (exact) mass is 395 g/mol. The number of aliphatic hydroxyl groups is 3. The lowest BCUT2D eigenvalue weighted by Gasteiger charge is -2.17. The Balaban J connectivity index is 1.76. The molecule has 29 heavy (non-hydrogen) atoms. The number of amides is 1. The van der Waals surface area contributed by atoms with Crippen LogP contribution in [0.5, 0.6) is 0 Å². The molecule has 0 spiro atoms. The molecule has 4 N–H and O–H groups in total. The topological polar surface area (TPSA) is 154 Å². The van der Waals surface area contributed by atoms with Crippen molar-refractivity contribution in [2.75, 3.05) is 11.9 Å². The highest BCUT2D eigenvalue weighted by Crippen LogP contribution is 2.34. The normalized spacial score (nSPS) is 23.8. The van der Waals surface area contributed by atoms with Crippen LogP contribution in [0.25, 0.3) is 11.0 Å². The van der Waals surface area contributed by atoms with E-state index in [1.54, 1.807) is 30.3 Å². The van der Waals surface area contributed by atoms with E-state index in [4.69, 9.17) is 4.74 Å². The molecule has 3 aromatic rings. The number of rotatable bonds is 4. The number of benzene rings is 1. The number of aromatic nitrogens is 3. The lowest BCUT2D eigenvalue weighted by atomic mass is 10.1. The van der Waals surface area contributed by atoms with Gasteiger partial charge in [-0.25, -0.2) is 9.97 Å². The molecule has 0 bridgehead atoms. The smallest absolute Gasteiger partial charge is 0.256 e. The molecule has 1 fully saturated rings. The van der Waals surface area contributed by atoms with Crippen molar-refractivity contribution in [3.05, 3.63) is 54.0 Å². The highest BCUT2D eigenvalue weighted by molar-refractivity contribution is 6.08. The van der Waals surface area contributed by atoms with Crippen LogP contribution in [0, 0.1) is 11.3 Å². The van der Waals surface area contributed by atoms with Gasteiger partial charge in [0.05, 0.1) is 17.6 Å². The van der Waals surface area contributed by atoms with Gasteiger partial charge in [-0.1, -0.05) is 18.2 Å². The minimum atomic E-state index is -1.34. The van der Waals surface area contributed by atoms with E-state index in [-0.39, 0.29) is 22.4 Å². The summed E-state index contributed by atoms with van der Waals surface area (Å²) in [6, 6.07) is 10.5. The van der Waals surface area contributed by atoms with E-state index < -0.39 is 37.1 Å². The molecule has 1 aliphatic rings. The average molecular weight is 395 g/mol. The van der Waals surface area contributed by atoms with Crippen LogP contribution >= 0.6 is 0 Å². The summed E-state index contributed by atoms with van der Waals surface area (Å²) in [5, 5.41) is 42.1. The summed E-state index contributed by atoms with van der Waals surface area (Å²) in [4.78, 5) is 20.8. The molecule has 4 rings (SSSR count). The number of hydrogen-bond acceptors (Lipinski definition) is 8. The number of ether oxygens (including phenoxy) is 1. The third kappa shape index (κ3) is 3.22. The number of hydrogen-bond donors (Lipinski definition) is 4. The Labute approximate surface area is 164 Å². The number of nitrogens with zero attached hydrogens (tertiary/aromatic N) is 4. The zero-order chi connectivity index (χ0) is 20.5. The van der Waals surface area contributed by atoms with Gasteiger partial charge in [0.15, 0.2) is 6.23 Å². The minimum Gasteiger partial charge on any atom is -0.394 e. The highest BCUT2D eigenvalue weighted by atomic mass is 16.6. The highest BCUT2D eigenvalue weighted by Gasteiger charge is 2.44. The second-order valence-electron chi connectivity index (χ2n) is 6.53. The van der Waals surface area contributed by atoms with Crippen molar-refractivity contribution in [3.8, 4) is 6.07 Å². The summed E-state index contributed by atoms with van der Waals surface area (Å²) in [5.74, 6) is -0.277. The van der Waals surface area contributed by atoms with Gasteiger partial charge in [-0.3, -0.25) is 4.79 Å². The lowest BCUT2D eigenvalue weighted by Crippen LogP contribution is -2.33. The third-order valence-corrected chi connectivity index (χ3v) is 4.79. The van der Waals surface area contributed by atoms with Gasteiger partial charge in [0.25, 0.3) is 5.91 Å². The fraction of sp³-hybridized carbons (Fsp3) is 0.263. The molecule has 1 saturated heterocycles. The maximum Gasteiger partial charge on any atom is 0.256 e. The Morgan fingerprint density at radius 3 is 2.66 bits per heavy atom. The fourth-order valence-corrected chi connectivity index (χ4v) is 3.34. The summed E-state index contributed by atoms with van der Waals surface area (Å²) in [6.07, 6.45) is -2.07. The van der Waals surface area contributed by atoms with Crippen LogP contribution in [-0.2, 0) is 4.74 Å². The fourth-order valence-electron chi connectivity index (χ4n) is 3.34. The lowest BCUT2D eigenvalue weighted by molar-refractivity contribution is -0.0508. The van der Waals surface area contributed by atoms with Gasteiger partial charge in [-0.2, -0.15) is 5.26 Å². The molecule has 0 unspecified atom stereocenters. The van der Waals surface area contributed by atoms with Gasteiger partial charge >= 0.3 is 0 Å². The first kappa shape index (κ1) is 19.0.